The number of likely N-dealkylation sites (tertiary alicyclic amines) is 1. The molecule has 1 saturated heterocycles. The van der Waals surface area contributed by atoms with Crippen molar-refractivity contribution >= 4 is 0 Å². The molecule has 0 aromatic heterocycles. The van der Waals surface area contributed by atoms with Crippen LogP contribution >= 0.6 is 0 Å². The molecule has 0 radical (unpaired) electrons. The number of nitrogens with zero attached hydrogens (tertiary/aromatic N) is 1. The second-order valence-electron chi connectivity index (χ2n) is 5.23. The number of piperidine rings is 1. The van der Waals surface area contributed by atoms with Gasteiger partial charge >= 0.3 is 0 Å². The molecule has 3 heteroatoms. The molecule has 0 spiro atoms. The molecule has 3 atom stereocenters. The molecule has 1 unspecified atom stereocenters. The summed E-state index contributed by atoms with van der Waals surface area (Å²) in [5.74, 6) is 0. The monoisotopic (exact) mass is 248 g/mol. The summed E-state index contributed by atoms with van der Waals surface area (Å²) >= 11 is 0. The van der Waals surface area contributed by atoms with E-state index in [1.807, 2.05) is 6.07 Å². The Morgan fingerprint density at radius 3 is 2.72 bits per heavy atom. The van der Waals surface area contributed by atoms with Gasteiger partial charge in [0.05, 0.1) is 6.10 Å². The lowest BCUT2D eigenvalue weighted by molar-refractivity contribution is 0.0289. The summed E-state index contributed by atoms with van der Waals surface area (Å²) in [5, 5.41) is 9.95. The number of hydrogen-bond donors (Lipinski definition) is 2. The minimum absolute atomic E-state index is 0.0562. The van der Waals surface area contributed by atoms with Gasteiger partial charge in [0.1, 0.15) is 0 Å². The van der Waals surface area contributed by atoms with Crippen molar-refractivity contribution in [3.05, 3.63) is 35.9 Å². The zero-order valence-electron chi connectivity index (χ0n) is 11.1. The van der Waals surface area contributed by atoms with Gasteiger partial charge < -0.3 is 10.8 Å². The Bertz CT molecular complexity index is 355. The third kappa shape index (κ3) is 3.10. The summed E-state index contributed by atoms with van der Waals surface area (Å²) < 4.78 is 0. The average molecular weight is 248 g/mol. The lowest BCUT2D eigenvalue weighted by Crippen LogP contribution is -2.51. The summed E-state index contributed by atoms with van der Waals surface area (Å²) in [6.07, 6.45) is 2.78. The standard InChI is InChI=1S/C15H24N2O/c1-2-6-14(12-7-4-3-5-8-12)17-10-9-13(16)15(18)11-17/h3-5,7-8,13-15,18H,2,6,9-11,16H2,1H3/t13-,14?,15-/m0/s1. The van der Waals surface area contributed by atoms with Gasteiger partial charge in [-0.3, -0.25) is 4.90 Å². The van der Waals surface area contributed by atoms with Crippen molar-refractivity contribution in [2.45, 2.75) is 44.4 Å². The Labute approximate surface area is 110 Å². The highest BCUT2D eigenvalue weighted by Gasteiger charge is 2.29. The highest BCUT2D eigenvalue weighted by Crippen LogP contribution is 2.28. The molecular weight excluding hydrogens is 224 g/mol. The van der Waals surface area contributed by atoms with Crippen molar-refractivity contribution in [2.24, 2.45) is 5.73 Å². The fraction of sp³-hybridized carbons (Fsp3) is 0.600. The fourth-order valence-corrected chi connectivity index (χ4v) is 2.77. The molecule has 0 saturated carbocycles. The predicted molar refractivity (Wildman–Crippen MR) is 74.3 cm³/mol. The minimum atomic E-state index is -0.387. The Balaban J connectivity index is 2.11. The van der Waals surface area contributed by atoms with Crippen molar-refractivity contribution in [2.75, 3.05) is 13.1 Å². The number of benzene rings is 1. The van der Waals surface area contributed by atoms with Crippen LogP contribution in [0.3, 0.4) is 0 Å². The molecule has 1 aromatic rings. The van der Waals surface area contributed by atoms with Crippen LogP contribution in [0.15, 0.2) is 30.3 Å². The molecule has 0 aliphatic carbocycles. The first-order chi connectivity index (χ1) is 8.72. The second-order valence-corrected chi connectivity index (χ2v) is 5.23. The molecular formula is C15H24N2O. The van der Waals surface area contributed by atoms with E-state index >= 15 is 0 Å². The van der Waals surface area contributed by atoms with Crippen LogP contribution in [0.25, 0.3) is 0 Å². The third-order valence-corrected chi connectivity index (χ3v) is 3.85. The first-order valence-corrected chi connectivity index (χ1v) is 6.95. The van der Waals surface area contributed by atoms with E-state index in [2.05, 4.69) is 36.1 Å². The molecule has 1 aliphatic heterocycles. The van der Waals surface area contributed by atoms with Crippen molar-refractivity contribution in [3.63, 3.8) is 0 Å². The van der Waals surface area contributed by atoms with E-state index in [-0.39, 0.29) is 12.1 Å². The zero-order chi connectivity index (χ0) is 13.0. The van der Waals surface area contributed by atoms with E-state index in [0.29, 0.717) is 12.6 Å². The summed E-state index contributed by atoms with van der Waals surface area (Å²) in [6.45, 7) is 3.89. The van der Waals surface area contributed by atoms with Gasteiger partial charge in [-0.05, 0) is 18.4 Å². The second kappa shape index (κ2) is 6.32. The van der Waals surface area contributed by atoms with Crippen molar-refractivity contribution in [3.8, 4) is 0 Å². The average Bonchev–Trinajstić information content (AvgIpc) is 2.40. The molecule has 3 nitrogen and oxygen atoms in total. The number of nitrogens with two attached hydrogens (primary N) is 1. The summed E-state index contributed by atoms with van der Waals surface area (Å²) in [5.41, 5.74) is 7.23. The molecule has 18 heavy (non-hydrogen) atoms. The molecule has 0 bridgehead atoms. The van der Waals surface area contributed by atoms with Gasteiger partial charge in [0.25, 0.3) is 0 Å². The maximum absolute atomic E-state index is 9.95. The SMILES string of the molecule is CCCC(c1ccccc1)N1CC[C@H](N)[C@@H](O)C1. The van der Waals surface area contributed by atoms with E-state index in [9.17, 15) is 5.11 Å². The molecule has 1 heterocycles. The van der Waals surface area contributed by atoms with Crippen LogP contribution < -0.4 is 5.73 Å². The third-order valence-electron chi connectivity index (χ3n) is 3.85. The van der Waals surface area contributed by atoms with Gasteiger partial charge in [0.15, 0.2) is 0 Å². The summed E-state index contributed by atoms with van der Waals surface area (Å²) in [6, 6.07) is 10.9. The molecule has 1 fully saturated rings. The molecule has 1 aromatic carbocycles. The van der Waals surface area contributed by atoms with Gasteiger partial charge in [-0.15, -0.1) is 0 Å². The predicted octanol–water partition coefficient (Wildman–Crippen LogP) is 1.92. The van der Waals surface area contributed by atoms with Crippen molar-refractivity contribution in [1.29, 1.82) is 0 Å². The Kier molecular flexibility index (Phi) is 4.75. The van der Waals surface area contributed by atoms with Crippen LogP contribution in [-0.2, 0) is 0 Å². The van der Waals surface area contributed by atoms with Gasteiger partial charge in [0, 0.05) is 25.2 Å². The number of β-amino-alcohol motifs (C(OH)–C–C–N with tert-alkyl or cyclic N) is 1. The van der Waals surface area contributed by atoms with Crippen LogP contribution in [0.2, 0.25) is 0 Å². The van der Waals surface area contributed by atoms with Crippen molar-refractivity contribution in [1.82, 2.24) is 4.90 Å². The van der Waals surface area contributed by atoms with Crippen LogP contribution in [0.4, 0.5) is 0 Å². The summed E-state index contributed by atoms with van der Waals surface area (Å²) in [4.78, 5) is 2.38. The van der Waals surface area contributed by atoms with Crippen LogP contribution in [0, 0.1) is 0 Å². The first kappa shape index (κ1) is 13.5. The molecule has 3 N–H and O–H groups in total. The van der Waals surface area contributed by atoms with Gasteiger partial charge in [0.2, 0.25) is 0 Å². The van der Waals surface area contributed by atoms with E-state index in [1.165, 1.54) is 5.56 Å². The first-order valence-electron chi connectivity index (χ1n) is 6.95. The van der Waals surface area contributed by atoms with E-state index in [4.69, 9.17) is 5.73 Å². The van der Waals surface area contributed by atoms with Gasteiger partial charge in [-0.25, -0.2) is 0 Å². The minimum Gasteiger partial charge on any atom is -0.390 e. The number of aliphatic hydroxyl groups is 1. The van der Waals surface area contributed by atoms with Crippen LogP contribution in [-0.4, -0.2) is 35.2 Å². The highest BCUT2D eigenvalue weighted by atomic mass is 16.3. The van der Waals surface area contributed by atoms with E-state index in [1.54, 1.807) is 0 Å². The number of hydrogen-bond acceptors (Lipinski definition) is 3. The molecule has 2 rings (SSSR count). The molecule has 1 aliphatic rings. The lowest BCUT2D eigenvalue weighted by atomic mass is 9.95. The van der Waals surface area contributed by atoms with Crippen LogP contribution in [0.1, 0.15) is 37.8 Å². The zero-order valence-corrected chi connectivity index (χ0v) is 11.1. The Hall–Kier alpha value is -0.900. The largest absolute Gasteiger partial charge is 0.390 e. The molecule has 0 amide bonds. The van der Waals surface area contributed by atoms with E-state index < -0.39 is 0 Å². The van der Waals surface area contributed by atoms with Gasteiger partial charge in [-0.1, -0.05) is 43.7 Å². The lowest BCUT2D eigenvalue weighted by Gasteiger charge is -2.39. The fourth-order valence-electron chi connectivity index (χ4n) is 2.77. The maximum Gasteiger partial charge on any atom is 0.0818 e. The topological polar surface area (TPSA) is 49.5 Å². The van der Waals surface area contributed by atoms with E-state index in [0.717, 1.165) is 25.8 Å². The molecule has 100 valence electrons. The van der Waals surface area contributed by atoms with Gasteiger partial charge in [-0.2, -0.15) is 0 Å². The number of rotatable bonds is 4. The number of aliphatic hydroxyl groups excluding tert-OH is 1. The van der Waals surface area contributed by atoms with Crippen LogP contribution in [0.5, 0.6) is 0 Å². The van der Waals surface area contributed by atoms with Crippen molar-refractivity contribution < 1.29 is 5.11 Å². The summed E-state index contributed by atoms with van der Waals surface area (Å²) in [7, 11) is 0. The smallest absolute Gasteiger partial charge is 0.0818 e. The maximum atomic E-state index is 9.95. The quantitative estimate of drug-likeness (QED) is 0.856. The Morgan fingerprint density at radius 2 is 2.11 bits per heavy atom. The highest BCUT2D eigenvalue weighted by molar-refractivity contribution is 5.19. The Morgan fingerprint density at radius 1 is 1.39 bits per heavy atom. The normalized spacial score (nSPS) is 27.1.